The van der Waals surface area contributed by atoms with E-state index in [0.717, 1.165) is 22.3 Å². The SMILES string of the molecule is Cc1cccc([C@@H](C)Nc2nc(C)nc3ccc(C(C)CC(=O)O)cc23)c1. The van der Waals surface area contributed by atoms with Crippen molar-refractivity contribution in [3.8, 4) is 0 Å². The summed E-state index contributed by atoms with van der Waals surface area (Å²) in [5, 5.41) is 13.5. The molecule has 1 unspecified atom stereocenters. The van der Waals surface area contributed by atoms with Crippen molar-refractivity contribution in [1.29, 1.82) is 0 Å². The molecule has 3 aromatic rings. The zero-order valence-corrected chi connectivity index (χ0v) is 16.2. The lowest BCUT2D eigenvalue weighted by molar-refractivity contribution is -0.137. The molecular weight excluding hydrogens is 338 g/mol. The molecule has 27 heavy (non-hydrogen) atoms. The first-order chi connectivity index (χ1) is 12.8. The molecule has 0 bridgehead atoms. The lowest BCUT2D eigenvalue weighted by atomic mass is 9.96. The third kappa shape index (κ3) is 4.42. The number of carbonyl (C=O) groups is 1. The van der Waals surface area contributed by atoms with Gasteiger partial charge in [0.05, 0.1) is 11.9 Å². The van der Waals surface area contributed by atoms with Crippen LogP contribution in [0.5, 0.6) is 0 Å². The molecule has 0 spiro atoms. The number of aromatic nitrogens is 2. The molecule has 2 aromatic carbocycles. The van der Waals surface area contributed by atoms with Crippen molar-refractivity contribution in [1.82, 2.24) is 9.97 Å². The number of anilines is 1. The maximum absolute atomic E-state index is 11.1. The number of nitrogens with zero attached hydrogens (tertiary/aromatic N) is 2. The zero-order chi connectivity index (χ0) is 19.6. The number of nitrogens with one attached hydrogen (secondary N) is 1. The van der Waals surface area contributed by atoms with Crippen LogP contribution in [-0.2, 0) is 4.79 Å². The molecule has 1 aromatic heterocycles. The van der Waals surface area contributed by atoms with Gasteiger partial charge in [-0.2, -0.15) is 0 Å². The maximum Gasteiger partial charge on any atom is 0.303 e. The summed E-state index contributed by atoms with van der Waals surface area (Å²) in [4.78, 5) is 20.2. The number of aryl methyl sites for hydroxylation is 2. The third-order valence-electron chi connectivity index (χ3n) is 4.78. The topological polar surface area (TPSA) is 75.1 Å². The van der Waals surface area contributed by atoms with Crippen LogP contribution in [0.25, 0.3) is 10.9 Å². The van der Waals surface area contributed by atoms with Crippen molar-refractivity contribution < 1.29 is 9.90 Å². The first kappa shape index (κ1) is 18.8. The smallest absolute Gasteiger partial charge is 0.303 e. The molecule has 2 atom stereocenters. The second-order valence-electron chi connectivity index (χ2n) is 7.18. The van der Waals surface area contributed by atoms with Crippen molar-refractivity contribution >= 4 is 22.7 Å². The van der Waals surface area contributed by atoms with Gasteiger partial charge in [-0.05, 0) is 49.9 Å². The first-order valence-electron chi connectivity index (χ1n) is 9.16. The number of carboxylic acids is 1. The Kier molecular flexibility index (Phi) is 5.40. The summed E-state index contributed by atoms with van der Waals surface area (Å²) >= 11 is 0. The summed E-state index contributed by atoms with van der Waals surface area (Å²) < 4.78 is 0. The Labute approximate surface area is 159 Å². The van der Waals surface area contributed by atoms with Crippen LogP contribution < -0.4 is 5.32 Å². The summed E-state index contributed by atoms with van der Waals surface area (Å²) in [6.07, 6.45) is 0.0979. The van der Waals surface area contributed by atoms with E-state index in [1.807, 2.05) is 32.0 Å². The minimum atomic E-state index is -0.797. The third-order valence-corrected chi connectivity index (χ3v) is 4.78. The summed E-state index contributed by atoms with van der Waals surface area (Å²) in [6.45, 7) is 7.99. The van der Waals surface area contributed by atoms with Crippen LogP contribution in [0.4, 0.5) is 5.82 Å². The van der Waals surface area contributed by atoms with Crippen LogP contribution >= 0.6 is 0 Å². The fourth-order valence-corrected chi connectivity index (χ4v) is 3.29. The number of fused-ring (bicyclic) bond motifs is 1. The Morgan fingerprint density at radius 3 is 2.56 bits per heavy atom. The Balaban J connectivity index is 1.99. The standard InChI is InChI=1S/C22H25N3O2/c1-13-6-5-7-18(10-13)15(3)23-22-19-12-17(14(2)11-21(26)27)8-9-20(19)24-16(4)25-22/h5-10,12,14-15H,11H2,1-4H3,(H,26,27)(H,23,24,25)/t14?,15-/m1/s1. The zero-order valence-electron chi connectivity index (χ0n) is 16.2. The van der Waals surface area contributed by atoms with Gasteiger partial charge in [0.25, 0.3) is 0 Å². The van der Waals surface area contributed by atoms with Crippen LogP contribution in [0.2, 0.25) is 0 Å². The van der Waals surface area contributed by atoms with E-state index in [2.05, 4.69) is 53.4 Å². The van der Waals surface area contributed by atoms with E-state index in [9.17, 15) is 4.79 Å². The Morgan fingerprint density at radius 2 is 1.85 bits per heavy atom. The molecule has 0 radical (unpaired) electrons. The van der Waals surface area contributed by atoms with Gasteiger partial charge < -0.3 is 10.4 Å². The van der Waals surface area contributed by atoms with E-state index in [4.69, 9.17) is 5.11 Å². The van der Waals surface area contributed by atoms with Gasteiger partial charge in [-0.3, -0.25) is 4.79 Å². The molecule has 2 N–H and O–H groups in total. The molecule has 3 rings (SSSR count). The van der Waals surface area contributed by atoms with E-state index in [-0.39, 0.29) is 18.4 Å². The van der Waals surface area contributed by atoms with Crippen molar-refractivity contribution in [3.05, 3.63) is 65.0 Å². The first-order valence-corrected chi connectivity index (χ1v) is 9.16. The predicted molar refractivity (Wildman–Crippen MR) is 108 cm³/mol. The molecule has 140 valence electrons. The lowest BCUT2D eigenvalue weighted by Crippen LogP contribution is -2.10. The van der Waals surface area contributed by atoms with Gasteiger partial charge in [-0.25, -0.2) is 9.97 Å². The van der Waals surface area contributed by atoms with E-state index in [1.165, 1.54) is 11.1 Å². The molecule has 0 fully saturated rings. The van der Waals surface area contributed by atoms with Crippen molar-refractivity contribution in [2.24, 2.45) is 0 Å². The number of carboxylic acid groups (broad SMARTS) is 1. The van der Waals surface area contributed by atoms with Crippen molar-refractivity contribution in [3.63, 3.8) is 0 Å². The van der Waals surface area contributed by atoms with Crippen molar-refractivity contribution in [2.75, 3.05) is 5.32 Å². The molecule has 0 aliphatic heterocycles. The van der Waals surface area contributed by atoms with Crippen LogP contribution in [0.1, 0.15) is 54.7 Å². The minimum Gasteiger partial charge on any atom is -0.481 e. The van der Waals surface area contributed by atoms with Gasteiger partial charge in [0, 0.05) is 11.4 Å². The van der Waals surface area contributed by atoms with Crippen LogP contribution in [0.15, 0.2) is 42.5 Å². The second kappa shape index (κ2) is 7.74. The van der Waals surface area contributed by atoms with Crippen LogP contribution in [-0.4, -0.2) is 21.0 Å². The fourth-order valence-electron chi connectivity index (χ4n) is 3.29. The molecule has 0 saturated carbocycles. The highest BCUT2D eigenvalue weighted by atomic mass is 16.4. The molecule has 0 aliphatic carbocycles. The number of hydrogen-bond donors (Lipinski definition) is 2. The Morgan fingerprint density at radius 1 is 1.07 bits per heavy atom. The summed E-state index contributed by atoms with van der Waals surface area (Å²) in [7, 11) is 0. The normalized spacial score (nSPS) is 13.3. The van der Waals surface area contributed by atoms with Gasteiger partial charge in [0.15, 0.2) is 0 Å². The molecule has 1 heterocycles. The highest BCUT2D eigenvalue weighted by Crippen LogP contribution is 2.29. The molecule has 5 nitrogen and oxygen atoms in total. The van der Waals surface area contributed by atoms with Crippen LogP contribution in [0, 0.1) is 13.8 Å². The minimum absolute atomic E-state index is 0.0738. The Bertz CT molecular complexity index is 984. The second-order valence-corrected chi connectivity index (χ2v) is 7.18. The highest BCUT2D eigenvalue weighted by Gasteiger charge is 2.15. The molecule has 0 amide bonds. The monoisotopic (exact) mass is 363 g/mol. The average Bonchev–Trinajstić information content (AvgIpc) is 2.60. The predicted octanol–water partition coefficient (Wildman–Crippen LogP) is 5.00. The highest BCUT2D eigenvalue weighted by molar-refractivity contribution is 5.90. The van der Waals surface area contributed by atoms with Crippen LogP contribution in [0.3, 0.4) is 0 Å². The molecular formula is C22H25N3O2. The molecule has 0 aliphatic rings. The number of rotatable bonds is 6. The van der Waals surface area contributed by atoms with Crippen molar-refractivity contribution in [2.45, 2.75) is 46.1 Å². The lowest BCUT2D eigenvalue weighted by Gasteiger charge is -2.18. The summed E-state index contributed by atoms with van der Waals surface area (Å²) in [5.74, 6) is 0.605. The van der Waals surface area contributed by atoms with E-state index < -0.39 is 5.97 Å². The van der Waals surface area contributed by atoms with Gasteiger partial charge in [0.1, 0.15) is 11.6 Å². The average molecular weight is 363 g/mol. The largest absolute Gasteiger partial charge is 0.481 e. The maximum atomic E-state index is 11.1. The van der Waals surface area contributed by atoms with Gasteiger partial charge >= 0.3 is 5.97 Å². The Hall–Kier alpha value is -2.95. The number of hydrogen-bond acceptors (Lipinski definition) is 4. The number of aliphatic carboxylic acids is 1. The quantitative estimate of drug-likeness (QED) is 0.645. The van der Waals surface area contributed by atoms with Gasteiger partial charge in [-0.15, -0.1) is 0 Å². The summed E-state index contributed by atoms with van der Waals surface area (Å²) in [6, 6.07) is 14.4. The summed E-state index contributed by atoms with van der Waals surface area (Å²) in [5.41, 5.74) is 4.24. The van der Waals surface area contributed by atoms with E-state index in [1.54, 1.807) is 0 Å². The molecule has 5 heteroatoms. The van der Waals surface area contributed by atoms with Gasteiger partial charge in [-0.1, -0.05) is 42.8 Å². The van der Waals surface area contributed by atoms with Gasteiger partial charge in [0.2, 0.25) is 0 Å². The van der Waals surface area contributed by atoms with E-state index in [0.29, 0.717) is 5.82 Å². The molecule has 0 saturated heterocycles. The fraction of sp³-hybridized carbons (Fsp3) is 0.318. The van der Waals surface area contributed by atoms with E-state index >= 15 is 0 Å². The number of benzene rings is 2.